The van der Waals surface area contributed by atoms with E-state index in [1.807, 2.05) is 12.4 Å². The summed E-state index contributed by atoms with van der Waals surface area (Å²) in [4.78, 5) is 16.6. The molecule has 0 amide bonds. The predicted octanol–water partition coefficient (Wildman–Crippen LogP) is 2.85. The van der Waals surface area contributed by atoms with Crippen LogP contribution in [0.2, 0.25) is 0 Å². The molecule has 6 heteroatoms. The maximum atomic E-state index is 4.92. The molecule has 0 fully saturated rings. The Hall–Kier alpha value is -4.18. The van der Waals surface area contributed by atoms with Gasteiger partial charge in [0.15, 0.2) is 0 Å². The van der Waals surface area contributed by atoms with Crippen molar-refractivity contribution >= 4 is 63.3 Å². The van der Waals surface area contributed by atoms with E-state index in [-0.39, 0.29) is 13.4 Å². The van der Waals surface area contributed by atoms with Crippen molar-refractivity contribution in [3.05, 3.63) is 107 Å². The highest BCUT2D eigenvalue weighted by atomic mass is 15.2. The molecule has 2 aliphatic heterocycles. The molecule has 0 radical (unpaired) electrons. The molecule has 2 aliphatic rings. The Kier molecular flexibility index (Phi) is 5.31. The molecule has 0 saturated carbocycles. The summed E-state index contributed by atoms with van der Waals surface area (Å²) in [6.45, 7) is 13.4. The Morgan fingerprint density at radius 2 is 0.897 bits per heavy atom. The molecular weight excluding hydrogens is 474 g/mol. The summed E-state index contributed by atoms with van der Waals surface area (Å²) in [7, 11) is 0. The zero-order valence-electron chi connectivity index (χ0n) is 23.4. The minimum atomic E-state index is 0.0530. The summed E-state index contributed by atoms with van der Waals surface area (Å²) in [6, 6.07) is 13.5. The molecule has 39 heavy (non-hydrogen) atoms. The Morgan fingerprint density at radius 3 is 1.31 bits per heavy atom. The van der Waals surface area contributed by atoms with E-state index in [1.54, 1.807) is 0 Å². The van der Waals surface area contributed by atoms with E-state index in [9.17, 15) is 0 Å². The Balaban J connectivity index is 1.59. The fourth-order valence-electron chi connectivity index (χ4n) is 7.44. The lowest BCUT2D eigenvalue weighted by molar-refractivity contribution is 1.22. The monoisotopic (exact) mass is 504 g/mol. The van der Waals surface area contributed by atoms with Gasteiger partial charge in [-0.25, -0.2) is 0 Å². The van der Waals surface area contributed by atoms with Crippen LogP contribution in [0.4, 0.5) is 17.1 Å². The number of nitrogens with zero attached hydrogens (tertiary/aromatic N) is 4. The van der Waals surface area contributed by atoms with E-state index in [4.69, 9.17) is 4.98 Å². The molecule has 2 aromatic carbocycles. The molecule has 7 rings (SSSR count). The second-order valence-electron chi connectivity index (χ2n) is 11.4. The number of fused-ring (bicyclic) bond motifs is 4. The molecular formula is C33H30B2N4. The molecule has 5 heterocycles. The SMILES string of the molecule is Cc1cc(C)c(B2c3cnccc3N3c4ccncc4B(c4c(C)cc(C)cc4C)c4cncc2c43)c(C)c1. The molecule has 0 aliphatic carbocycles. The largest absolute Gasteiger partial charge is 0.312 e. The van der Waals surface area contributed by atoms with Crippen LogP contribution in [0.25, 0.3) is 0 Å². The zero-order valence-corrected chi connectivity index (χ0v) is 23.4. The molecule has 0 saturated heterocycles. The summed E-state index contributed by atoms with van der Waals surface area (Å²) in [5, 5.41) is 0. The van der Waals surface area contributed by atoms with Gasteiger partial charge in [0.2, 0.25) is 0 Å². The summed E-state index contributed by atoms with van der Waals surface area (Å²) < 4.78 is 0. The summed E-state index contributed by atoms with van der Waals surface area (Å²) in [5.74, 6) is 0. The minimum absolute atomic E-state index is 0.0530. The molecule has 4 nitrogen and oxygen atoms in total. The van der Waals surface area contributed by atoms with Crippen molar-refractivity contribution in [3.63, 3.8) is 0 Å². The van der Waals surface area contributed by atoms with E-state index in [0.29, 0.717) is 0 Å². The molecule has 0 bridgehead atoms. The highest BCUT2D eigenvalue weighted by molar-refractivity contribution is 7.02. The first kappa shape index (κ1) is 23.9. The topological polar surface area (TPSA) is 41.9 Å². The van der Waals surface area contributed by atoms with Crippen LogP contribution in [-0.4, -0.2) is 28.4 Å². The predicted molar refractivity (Wildman–Crippen MR) is 165 cm³/mol. The number of anilines is 3. The van der Waals surface area contributed by atoms with Crippen LogP contribution in [0.3, 0.4) is 0 Å². The fourth-order valence-corrected chi connectivity index (χ4v) is 7.44. The maximum absolute atomic E-state index is 4.92. The van der Waals surface area contributed by atoms with Crippen molar-refractivity contribution in [3.8, 4) is 0 Å². The third kappa shape index (κ3) is 3.44. The van der Waals surface area contributed by atoms with E-state index >= 15 is 0 Å². The Morgan fingerprint density at radius 1 is 0.513 bits per heavy atom. The number of rotatable bonds is 2. The van der Waals surface area contributed by atoms with Crippen molar-refractivity contribution in [2.75, 3.05) is 4.90 Å². The zero-order chi connectivity index (χ0) is 27.0. The number of hydrogen-bond acceptors (Lipinski definition) is 4. The average molecular weight is 504 g/mol. The third-order valence-corrected chi connectivity index (χ3v) is 8.63. The van der Waals surface area contributed by atoms with Crippen LogP contribution < -0.4 is 37.7 Å². The lowest BCUT2D eigenvalue weighted by atomic mass is 9.30. The van der Waals surface area contributed by atoms with E-state index in [2.05, 4.69) is 118 Å². The summed E-state index contributed by atoms with van der Waals surface area (Å²) in [5.41, 5.74) is 19.0. The molecule has 5 aromatic rings. The van der Waals surface area contributed by atoms with Gasteiger partial charge in [-0.15, -0.1) is 0 Å². The molecule has 0 unspecified atom stereocenters. The van der Waals surface area contributed by atoms with Gasteiger partial charge < -0.3 is 4.90 Å². The van der Waals surface area contributed by atoms with Gasteiger partial charge in [0.1, 0.15) is 0 Å². The third-order valence-electron chi connectivity index (χ3n) is 8.63. The molecule has 0 N–H and O–H groups in total. The normalized spacial score (nSPS) is 13.2. The fraction of sp³-hybridized carbons (Fsp3) is 0.182. The summed E-state index contributed by atoms with van der Waals surface area (Å²) in [6.07, 6.45) is 12.1. The number of aromatic nitrogens is 3. The highest BCUT2D eigenvalue weighted by Crippen LogP contribution is 2.36. The van der Waals surface area contributed by atoms with Crippen LogP contribution in [0.15, 0.2) is 73.6 Å². The van der Waals surface area contributed by atoms with Crippen LogP contribution in [-0.2, 0) is 0 Å². The van der Waals surface area contributed by atoms with Gasteiger partial charge in [-0.2, -0.15) is 0 Å². The van der Waals surface area contributed by atoms with E-state index in [1.165, 1.54) is 83.2 Å². The van der Waals surface area contributed by atoms with Crippen molar-refractivity contribution in [1.29, 1.82) is 0 Å². The summed E-state index contributed by atoms with van der Waals surface area (Å²) >= 11 is 0. The highest BCUT2D eigenvalue weighted by Gasteiger charge is 2.45. The van der Waals surface area contributed by atoms with Gasteiger partial charge in [0.25, 0.3) is 13.4 Å². The first-order valence-electron chi connectivity index (χ1n) is 13.7. The van der Waals surface area contributed by atoms with Crippen LogP contribution >= 0.6 is 0 Å². The van der Waals surface area contributed by atoms with Gasteiger partial charge in [-0.05, 0) is 75.5 Å². The quantitative estimate of drug-likeness (QED) is 0.340. The second kappa shape index (κ2) is 8.67. The van der Waals surface area contributed by atoms with Gasteiger partial charge in [0.05, 0.1) is 0 Å². The number of benzene rings is 2. The van der Waals surface area contributed by atoms with Crippen molar-refractivity contribution in [1.82, 2.24) is 15.0 Å². The van der Waals surface area contributed by atoms with Crippen LogP contribution in [0.5, 0.6) is 0 Å². The maximum Gasteiger partial charge on any atom is 0.251 e. The van der Waals surface area contributed by atoms with Crippen molar-refractivity contribution in [2.24, 2.45) is 0 Å². The molecule has 0 atom stereocenters. The lowest BCUT2D eigenvalue weighted by Crippen LogP contribution is -2.66. The number of aryl methyl sites for hydroxylation is 6. The van der Waals surface area contributed by atoms with Gasteiger partial charge in [-0.1, -0.05) is 68.6 Å². The standard InChI is InChI=1S/C33H30B2N4/c1-19-11-21(3)31(22(4)12-19)34-25-15-36-9-7-29(25)39-30-8-10-37-16-26(30)35(28-18-38-17-27(34)33(28)39)32-23(5)13-20(2)14-24(32)6/h7-18H,1-6H3. The Labute approximate surface area is 231 Å². The first-order valence-corrected chi connectivity index (χ1v) is 13.7. The lowest BCUT2D eigenvalue weighted by Gasteiger charge is -2.43. The minimum Gasteiger partial charge on any atom is -0.312 e. The van der Waals surface area contributed by atoms with E-state index in [0.717, 1.165) is 0 Å². The van der Waals surface area contributed by atoms with Crippen molar-refractivity contribution in [2.45, 2.75) is 41.5 Å². The first-order chi connectivity index (χ1) is 18.8. The van der Waals surface area contributed by atoms with Gasteiger partial charge >= 0.3 is 0 Å². The van der Waals surface area contributed by atoms with Crippen LogP contribution in [0.1, 0.15) is 33.4 Å². The van der Waals surface area contributed by atoms with Crippen LogP contribution in [0, 0.1) is 41.5 Å². The number of pyridine rings is 3. The molecule has 0 spiro atoms. The number of hydrogen-bond donors (Lipinski definition) is 0. The Bertz CT molecular complexity index is 1640. The smallest absolute Gasteiger partial charge is 0.251 e. The van der Waals surface area contributed by atoms with E-state index < -0.39 is 0 Å². The van der Waals surface area contributed by atoms with Crippen molar-refractivity contribution < 1.29 is 0 Å². The molecule has 188 valence electrons. The van der Waals surface area contributed by atoms with Gasteiger partial charge in [0, 0.05) is 54.2 Å². The van der Waals surface area contributed by atoms with Gasteiger partial charge in [-0.3, -0.25) is 15.0 Å². The average Bonchev–Trinajstić information content (AvgIpc) is 2.90. The second-order valence-corrected chi connectivity index (χ2v) is 11.4. The molecule has 3 aromatic heterocycles.